The van der Waals surface area contributed by atoms with Gasteiger partial charge in [-0.2, -0.15) is 0 Å². The number of aryl methyl sites for hydroxylation is 1. The van der Waals surface area contributed by atoms with E-state index >= 15 is 0 Å². The number of rotatable bonds is 4. The van der Waals surface area contributed by atoms with Gasteiger partial charge < -0.3 is 10.1 Å². The van der Waals surface area contributed by atoms with Crippen LogP contribution in [0, 0.1) is 6.92 Å². The van der Waals surface area contributed by atoms with Crippen molar-refractivity contribution in [2.24, 2.45) is 0 Å². The van der Waals surface area contributed by atoms with E-state index in [1.165, 1.54) is 0 Å². The lowest BCUT2D eigenvalue weighted by atomic mass is 10.0. The number of methoxy groups -OCH3 is 1. The van der Waals surface area contributed by atoms with E-state index in [2.05, 4.69) is 5.32 Å². The minimum Gasteiger partial charge on any atom is -0.495 e. The Balaban J connectivity index is 1.84. The van der Waals surface area contributed by atoms with E-state index in [4.69, 9.17) is 16.3 Å². The summed E-state index contributed by atoms with van der Waals surface area (Å²) in [5.41, 5.74) is 2.51. The third-order valence-electron chi connectivity index (χ3n) is 3.99. The molecule has 3 rings (SSSR count). The molecule has 3 aromatic rings. The summed E-state index contributed by atoms with van der Waals surface area (Å²) >= 11 is 6.10. The van der Waals surface area contributed by atoms with Crippen LogP contribution < -0.4 is 10.1 Å². The molecule has 0 unspecified atom stereocenters. The molecule has 0 aliphatic carbocycles. The van der Waals surface area contributed by atoms with Crippen LogP contribution in [0.15, 0.2) is 54.6 Å². The van der Waals surface area contributed by atoms with Crippen LogP contribution in [0.4, 0.5) is 5.69 Å². The number of benzene rings is 3. The molecule has 3 aromatic carbocycles. The zero-order valence-corrected chi connectivity index (χ0v) is 14.4. The molecule has 0 heterocycles. The quantitative estimate of drug-likeness (QED) is 0.727. The highest BCUT2D eigenvalue weighted by molar-refractivity contribution is 6.31. The summed E-state index contributed by atoms with van der Waals surface area (Å²) in [4.78, 5) is 12.5. The number of carbonyl (C=O) groups excluding carboxylic acids is 1. The first-order valence-electron chi connectivity index (χ1n) is 7.69. The molecule has 24 heavy (non-hydrogen) atoms. The van der Waals surface area contributed by atoms with E-state index < -0.39 is 0 Å². The number of fused-ring (bicyclic) bond motifs is 1. The van der Waals surface area contributed by atoms with Gasteiger partial charge in [-0.05, 0) is 34.9 Å². The summed E-state index contributed by atoms with van der Waals surface area (Å²) in [6.45, 7) is 1.89. The maximum absolute atomic E-state index is 12.5. The Labute approximate surface area is 146 Å². The Morgan fingerprint density at radius 1 is 1.12 bits per heavy atom. The number of carbonyl (C=O) groups is 1. The molecule has 0 radical (unpaired) electrons. The fraction of sp³-hybridized carbons (Fsp3) is 0.150. The summed E-state index contributed by atoms with van der Waals surface area (Å²) in [6.07, 6.45) is 0.298. The van der Waals surface area contributed by atoms with Crippen LogP contribution in [-0.4, -0.2) is 13.0 Å². The molecule has 0 atom stereocenters. The van der Waals surface area contributed by atoms with E-state index in [1.54, 1.807) is 13.2 Å². The first-order valence-corrected chi connectivity index (χ1v) is 8.07. The number of amides is 1. The highest BCUT2D eigenvalue weighted by atomic mass is 35.5. The lowest BCUT2D eigenvalue weighted by Gasteiger charge is -2.13. The molecule has 1 N–H and O–H groups in total. The predicted octanol–water partition coefficient (Wildman–Crippen LogP) is 4.99. The minimum atomic E-state index is -0.0913. The first kappa shape index (κ1) is 16.3. The van der Waals surface area contributed by atoms with Gasteiger partial charge in [0.2, 0.25) is 5.91 Å². The van der Waals surface area contributed by atoms with Crippen LogP contribution in [0.1, 0.15) is 11.1 Å². The van der Waals surface area contributed by atoms with Crippen LogP contribution in [0.2, 0.25) is 5.02 Å². The van der Waals surface area contributed by atoms with E-state index in [1.807, 2.05) is 55.5 Å². The normalized spacial score (nSPS) is 10.6. The van der Waals surface area contributed by atoms with Gasteiger partial charge in [0.15, 0.2) is 0 Å². The second-order valence-corrected chi connectivity index (χ2v) is 6.07. The van der Waals surface area contributed by atoms with Crippen LogP contribution in [0.3, 0.4) is 0 Å². The van der Waals surface area contributed by atoms with Crippen molar-refractivity contribution in [3.63, 3.8) is 0 Å². The van der Waals surface area contributed by atoms with Crippen molar-refractivity contribution in [1.82, 2.24) is 0 Å². The van der Waals surface area contributed by atoms with Crippen molar-refractivity contribution in [1.29, 1.82) is 0 Å². The summed E-state index contributed by atoms with van der Waals surface area (Å²) < 4.78 is 5.30. The van der Waals surface area contributed by atoms with Gasteiger partial charge in [-0.3, -0.25) is 4.79 Å². The fourth-order valence-corrected chi connectivity index (χ4v) is 2.90. The number of ether oxygens (including phenoxy) is 1. The second-order valence-electron chi connectivity index (χ2n) is 5.66. The van der Waals surface area contributed by atoms with Crippen molar-refractivity contribution in [2.75, 3.05) is 12.4 Å². The summed E-state index contributed by atoms with van der Waals surface area (Å²) in [5.74, 6) is 0.461. The third kappa shape index (κ3) is 3.36. The molecule has 1 amide bonds. The number of halogens is 1. The van der Waals surface area contributed by atoms with E-state index in [9.17, 15) is 4.79 Å². The molecule has 0 fully saturated rings. The molecule has 3 nitrogen and oxygen atoms in total. The van der Waals surface area contributed by atoms with Crippen LogP contribution in [0.25, 0.3) is 10.8 Å². The zero-order valence-electron chi connectivity index (χ0n) is 13.6. The highest BCUT2D eigenvalue weighted by Crippen LogP contribution is 2.31. The van der Waals surface area contributed by atoms with Crippen LogP contribution in [0.5, 0.6) is 5.75 Å². The van der Waals surface area contributed by atoms with Crippen molar-refractivity contribution in [3.05, 3.63) is 70.7 Å². The van der Waals surface area contributed by atoms with Crippen molar-refractivity contribution < 1.29 is 9.53 Å². The van der Waals surface area contributed by atoms with Gasteiger partial charge in [-0.15, -0.1) is 0 Å². The smallest absolute Gasteiger partial charge is 0.228 e. The Morgan fingerprint density at radius 3 is 2.67 bits per heavy atom. The van der Waals surface area contributed by atoms with E-state index in [0.29, 0.717) is 22.9 Å². The third-order valence-corrected chi connectivity index (χ3v) is 4.39. The fourth-order valence-electron chi connectivity index (χ4n) is 2.74. The minimum absolute atomic E-state index is 0.0913. The van der Waals surface area contributed by atoms with Gasteiger partial charge in [0, 0.05) is 11.1 Å². The van der Waals surface area contributed by atoms with Crippen LogP contribution >= 0.6 is 11.6 Å². The number of nitrogens with one attached hydrogen (secondary N) is 1. The number of hydrogen-bond donors (Lipinski definition) is 1. The highest BCUT2D eigenvalue weighted by Gasteiger charge is 2.12. The van der Waals surface area contributed by atoms with Crippen molar-refractivity contribution in [3.8, 4) is 5.75 Å². The Morgan fingerprint density at radius 2 is 1.88 bits per heavy atom. The lowest BCUT2D eigenvalue weighted by molar-refractivity contribution is -0.115. The van der Waals surface area contributed by atoms with Gasteiger partial charge in [0.25, 0.3) is 0 Å². The zero-order chi connectivity index (χ0) is 17.1. The van der Waals surface area contributed by atoms with Gasteiger partial charge in [0.1, 0.15) is 5.75 Å². The predicted molar refractivity (Wildman–Crippen MR) is 99.0 cm³/mol. The van der Waals surface area contributed by atoms with Gasteiger partial charge in [0.05, 0.1) is 19.2 Å². The monoisotopic (exact) mass is 339 g/mol. The molecule has 0 saturated heterocycles. The molecule has 0 spiro atoms. The summed E-state index contributed by atoms with van der Waals surface area (Å²) in [5, 5.41) is 5.75. The lowest BCUT2D eigenvalue weighted by Crippen LogP contribution is -2.15. The number of anilines is 1. The van der Waals surface area contributed by atoms with Gasteiger partial charge >= 0.3 is 0 Å². The SMILES string of the molecule is COc1cc(Cl)c(C)cc1NC(=O)Cc1cccc2ccccc12. The van der Waals surface area contributed by atoms with Gasteiger partial charge in [-0.25, -0.2) is 0 Å². The maximum Gasteiger partial charge on any atom is 0.228 e. The van der Waals surface area contributed by atoms with E-state index in [0.717, 1.165) is 21.9 Å². The first-order chi connectivity index (χ1) is 11.6. The molecule has 0 aliphatic heterocycles. The number of hydrogen-bond acceptors (Lipinski definition) is 2. The maximum atomic E-state index is 12.5. The summed E-state index contributed by atoms with van der Waals surface area (Å²) in [7, 11) is 1.56. The molecule has 0 aliphatic rings. The second kappa shape index (κ2) is 6.93. The summed E-state index contributed by atoms with van der Waals surface area (Å²) in [6, 6.07) is 17.6. The van der Waals surface area contributed by atoms with Gasteiger partial charge in [-0.1, -0.05) is 54.1 Å². The van der Waals surface area contributed by atoms with Crippen LogP contribution in [-0.2, 0) is 11.2 Å². The largest absolute Gasteiger partial charge is 0.495 e. The molecule has 0 aromatic heterocycles. The average molecular weight is 340 g/mol. The van der Waals surface area contributed by atoms with Crippen molar-refractivity contribution >= 4 is 34.0 Å². The van der Waals surface area contributed by atoms with E-state index in [-0.39, 0.29) is 5.91 Å². The molecular formula is C20H18ClNO2. The molecule has 4 heteroatoms. The molecule has 0 saturated carbocycles. The Kier molecular flexibility index (Phi) is 4.72. The van der Waals surface area contributed by atoms with Crippen molar-refractivity contribution in [2.45, 2.75) is 13.3 Å². The average Bonchev–Trinajstić information content (AvgIpc) is 2.58. The molecule has 0 bridgehead atoms. The molecule has 122 valence electrons. The molecular weight excluding hydrogens is 322 g/mol. The topological polar surface area (TPSA) is 38.3 Å². The Hall–Kier alpha value is -2.52. The standard InChI is InChI=1S/C20H18ClNO2/c1-13-10-18(19(24-2)12-17(13)21)22-20(23)11-15-8-5-7-14-6-3-4-9-16(14)15/h3-10,12H,11H2,1-2H3,(H,22,23). The Bertz CT molecular complexity index is 900.